The van der Waals surface area contributed by atoms with Crippen molar-refractivity contribution in [2.75, 3.05) is 0 Å². The summed E-state index contributed by atoms with van der Waals surface area (Å²) >= 11 is 0. The highest BCUT2D eigenvalue weighted by Crippen LogP contribution is 2.47. The first kappa shape index (κ1) is 14.0. The molecule has 0 bridgehead atoms. The van der Waals surface area contributed by atoms with Gasteiger partial charge in [0.25, 0.3) is 0 Å². The van der Waals surface area contributed by atoms with Crippen LogP contribution in [0, 0.1) is 5.92 Å². The van der Waals surface area contributed by atoms with Crippen LogP contribution in [0.4, 0.5) is 0 Å². The van der Waals surface area contributed by atoms with E-state index >= 15 is 0 Å². The average molecular weight is 284 g/mol. The fraction of sp³-hybridized carbons (Fsp3) is 0.471. The lowest BCUT2D eigenvalue weighted by molar-refractivity contribution is -0.121. The number of hydrogen-bond donors (Lipinski definition) is 0. The van der Waals surface area contributed by atoms with Gasteiger partial charge in [0.05, 0.1) is 11.8 Å². The second-order valence-electron chi connectivity index (χ2n) is 6.11. The molecule has 110 valence electrons. The molecular weight excluding hydrogens is 264 g/mol. The van der Waals surface area contributed by atoms with Crippen molar-refractivity contribution in [2.24, 2.45) is 5.92 Å². The molecule has 1 fully saturated rings. The third-order valence-corrected chi connectivity index (χ3v) is 4.40. The Bertz CT molecular complexity index is 627. The molecule has 0 N–H and O–H groups in total. The maximum Gasteiger partial charge on any atom is 0.234 e. The quantitative estimate of drug-likeness (QED) is 0.845. The van der Waals surface area contributed by atoms with Crippen LogP contribution >= 0.6 is 0 Å². The van der Waals surface area contributed by atoms with E-state index in [1.807, 2.05) is 32.0 Å². The summed E-state index contributed by atoms with van der Waals surface area (Å²) in [7, 11) is 0. The van der Waals surface area contributed by atoms with Gasteiger partial charge in [-0.15, -0.1) is 0 Å². The minimum absolute atomic E-state index is 0.00728. The molecule has 0 radical (unpaired) electrons. The van der Waals surface area contributed by atoms with E-state index in [0.717, 1.165) is 18.7 Å². The molecule has 0 saturated heterocycles. The van der Waals surface area contributed by atoms with Crippen molar-refractivity contribution >= 4 is 5.78 Å². The molecule has 1 aliphatic carbocycles. The summed E-state index contributed by atoms with van der Waals surface area (Å²) in [6, 6.07) is 10.3. The average Bonchev–Trinajstić information content (AvgIpc) is 2.87. The molecule has 1 heterocycles. The second-order valence-corrected chi connectivity index (χ2v) is 6.11. The van der Waals surface area contributed by atoms with E-state index in [2.05, 4.69) is 22.3 Å². The topological polar surface area (TPSA) is 56.0 Å². The van der Waals surface area contributed by atoms with Crippen LogP contribution < -0.4 is 0 Å². The molecule has 1 aromatic carbocycles. The molecule has 0 unspecified atom stereocenters. The molecule has 2 aromatic rings. The first-order valence-electron chi connectivity index (χ1n) is 7.53. The van der Waals surface area contributed by atoms with Gasteiger partial charge in [0.1, 0.15) is 5.78 Å². The van der Waals surface area contributed by atoms with Crippen LogP contribution in [-0.4, -0.2) is 15.9 Å². The van der Waals surface area contributed by atoms with Gasteiger partial charge in [-0.05, 0) is 18.4 Å². The number of carbonyl (C=O) groups is 1. The van der Waals surface area contributed by atoms with Crippen LogP contribution in [0.25, 0.3) is 0 Å². The zero-order chi connectivity index (χ0) is 14.9. The zero-order valence-corrected chi connectivity index (χ0v) is 12.5. The standard InChI is InChI=1S/C17H20N2O2/c1-12(2)14(20)11-15-18-16(19-21-15)17(9-6-10-17)13-7-4-3-5-8-13/h3-5,7-8,12H,6,9-11H2,1-2H3. The lowest BCUT2D eigenvalue weighted by Crippen LogP contribution is -2.36. The Morgan fingerprint density at radius 1 is 1.29 bits per heavy atom. The smallest absolute Gasteiger partial charge is 0.234 e. The van der Waals surface area contributed by atoms with Gasteiger partial charge in [0, 0.05) is 5.92 Å². The Morgan fingerprint density at radius 2 is 2.00 bits per heavy atom. The molecule has 1 saturated carbocycles. The molecule has 0 atom stereocenters. The fourth-order valence-corrected chi connectivity index (χ4v) is 2.80. The maximum absolute atomic E-state index is 11.8. The Labute approximate surface area is 124 Å². The SMILES string of the molecule is CC(C)C(=O)Cc1nc(C2(c3ccccc3)CCC2)no1. The summed E-state index contributed by atoms with van der Waals surface area (Å²) in [5.41, 5.74) is 1.11. The number of rotatable bonds is 5. The summed E-state index contributed by atoms with van der Waals surface area (Å²) in [5.74, 6) is 1.29. The molecule has 0 aliphatic heterocycles. The summed E-state index contributed by atoms with van der Waals surface area (Å²) in [6.45, 7) is 3.77. The third kappa shape index (κ3) is 2.50. The first-order valence-corrected chi connectivity index (χ1v) is 7.53. The van der Waals surface area contributed by atoms with E-state index in [9.17, 15) is 4.79 Å². The number of benzene rings is 1. The minimum Gasteiger partial charge on any atom is -0.339 e. The summed E-state index contributed by atoms with van der Waals surface area (Å²) in [6.07, 6.45) is 3.47. The van der Waals surface area contributed by atoms with Crippen molar-refractivity contribution in [1.82, 2.24) is 10.1 Å². The highest BCUT2D eigenvalue weighted by Gasteiger charge is 2.44. The minimum atomic E-state index is -0.121. The number of Topliss-reactive ketones (excluding diaryl/α,β-unsaturated/α-hetero) is 1. The van der Waals surface area contributed by atoms with Gasteiger partial charge < -0.3 is 4.52 Å². The molecule has 1 aliphatic rings. The van der Waals surface area contributed by atoms with Crippen molar-refractivity contribution < 1.29 is 9.32 Å². The van der Waals surface area contributed by atoms with Crippen molar-refractivity contribution in [2.45, 2.75) is 44.9 Å². The van der Waals surface area contributed by atoms with E-state index in [0.29, 0.717) is 5.89 Å². The van der Waals surface area contributed by atoms with Gasteiger partial charge in [0.2, 0.25) is 5.89 Å². The van der Waals surface area contributed by atoms with E-state index in [4.69, 9.17) is 4.52 Å². The highest BCUT2D eigenvalue weighted by atomic mass is 16.5. The van der Waals surface area contributed by atoms with Gasteiger partial charge in [0.15, 0.2) is 5.82 Å². The number of carbonyl (C=O) groups excluding carboxylic acids is 1. The predicted molar refractivity (Wildman–Crippen MR) is 78.9 cm³/mol. The molecule has 3 rings (SSSR count). The van der Waals surface area contributed by atoms with Gasteiger partial charge in [-0.1, -0.05) is 55.8 Å². The number of aromatic nitrogens is 2. The maximum atomic E-state index is 11.8. The third-order valence-electron chi connectivity index (χ3n) is 4.40. The van der Waals surface area contributed by atoms with E-state index in [-0.39, 0.29) is 23.5 Å². The Morgan fingerprint density at radius 3 is 2.57 bits per heavy atom. The van der Waals surface area contributed by atoms with Crippen LogP contribution in [0.1, 0.15) is 50.4 Å². The summed E-state index contributed by atoms with van der Waals surface area (Å²) in [5, 5.41) is 4.16. The molecule has 1 aromatic heterocycles. The fourth-order valence-electron chi connectivity index (χ4n) is 2.80. The van der Waals surface area contributed by atoms with Gasteiger partial charge >= 0.3 is 0 Å². The summed E-state index contributed by atoms with van der Waals surface area (Å²) in [4.78, 5) is 16.3. The van der Waals surface area contributed by atoms with E-state index in [1.165, 1.54) is 12.0 Å². The van der Waals surface area contributed by atoms with Crippen molar-refractivity contribution in [3.63, 3.8) is 0 Å². The van der Waals surface area contributed by atoms with Crippen LogP contribution in [0.3, 0.4) is 0 Å². The van der Waals surface area contributed by atoms with Crippen LogP contribution in [0.5, 0.6) is 0 Å². The second kappa shape index (κ2) is 5.43. The molecule has 0 spiro atoms. The molecular formula is C17H20N2O2. The van der Waals surface area contributed by atoms with Crippen molar-refractivity contribution in [3.8, 4) is 0 Å². The van der Waals surface area contributed by atoms with Gasteiger partial charge in [-0.25, -0.2) is 0 Å². The van der Waals surface area contributed by atoms with Crippen LogP contribution in [0.2, 0.25) is 0 Å². The Hall–Kier alpha value is -1.97. The normalized spacial score (nSPS) is 16.7. The predicted octanol–water partition coefficient (Wildman–Crippen LogP) is 3.31. The van der Waals surface area contributed by atoms with Gasteiger partial charge in [-0.2, -0.15) is 4.98 Å². The molecule has 4 heteroatoms. The van der Waals surface area contributed by atoms with Crippen molar-refractivity contribution in [1.29, 1.82) is 0 Å². The monoisotopic (exact) mass is 284 g/mol. The van der Waals surface area contributed by atoms with E-state index < -0.39 is 0 Å². The summed E-state index contributed by atoms with van der Waals surface area (Å²) < 4.78 is 5.31. The number of nitrogens with zero attached hydrogens (tertiary/aromatic N) is 2. The first-order chi connectivity index (χ1) is 10.1. The lowest BCUT2D eigenvalue weighted by atomic mass is 9.64. The Balaban J connectivity index is 1.86. The highest BCUT2D eigenvalue weighted by molar-refractivity contribution is 5.81. The number of hydrogen-bond acceptors (Lipinski definition) is 4. The van der Waals surface area contributed by atoms with Crippen LogP contribution in [0.15, 0.2) is 34.9 Å². The number of ketones is 1. The van der Waals surface area contributed by atoms with Crippen LogP contribution in [-0.2, 0) is 16.6 Å². The largest absolute Gasteiger partial charge is 0.339 e. The molecule has 0 amide bonds. The lowest BCUT2D eigenvalue weighted by Gasteiger charge is -2.39. The van der Waals surface area contributed by atoms with E-state index in [1.54, 1.807) is 0 Å². The Kier molecular flexibility index (Phi) is 3.62. The molecule has 4 nitrogen and oxygen atoms in total. The van der Waals surface area contributed by atoms with Gasteiger partial charge in [-0.3, -0.25) is 4.79 Å². The zero-order valence-electron chi connectivity index (χ0n) is 12.5. The molecule has 21 heavy (non-hydrogen) atoms. The van der Waals surface area contributed by atoms with Crippen molar-refractivity contribution in [3.05, 3.63) is 47.6 Å².